The summed E-state index contributed by atoms with van der Waals surface area (Å²) in [6.07, 6.45) is 3.33. The van der Waals surface area contributed by atoms with Crippen LogP contribution in [0.4, 0.5) is 11.6 Å². The van der Waals surface area contributed by atoms with Crippen LogP contribution in [0.3, 0.4) is 0 Å². The maximum atomic E-state index is 12.4. The van der Waals surface area contributed by atoms with Gasteiger partial charge in [-0.15, -0.1) is 0 Å². The maximum Gasteiger partial charge on any atom is 0.274 e. The van der Waals surface area contributed by atoms with Crippen LogP contribution in [0.25, 0.3) is 0 Å². The molecule has 1 amide bonds. The number of carbonyl (C=O) groups excluding carboxylic acids is 1. The van der Waals surface area contributed by atoms with Crippen molar-refractivity contribution in [2.75, 3.05) is 24.3 Å². The van der Waals surface area contributed by atoms with Gasteiger partial charge in [0.05, 0.1) is 7.11 Å². The molecule has 28 heavy (non-hydrogen) atoms. The summed E-state index contributed by atoms with van der Waals surface area (Å²) in [4.78, 5) is 20.9. The van der Waals surface area contributed by atoms with Crippen molar-refractivity contribution in [3.63, 3.8) is 0 Å². The molecule has 0 saturated carbocycles. The lowest BCUT2D eigenvalue weighted by Gasteiger charge is -2.08. The molecule has 0 unspecified atom stereocenters. The first-order valence-electron chi connectivity index (χ1n) is 9.28. The first-order chi connectivity index (χ1) is 13.7. The molecule has 2 N–H and O–H groups in total. The zero-order valence-corrected chi connectivity index (χ0v) is 16.1. The van der Waals surface area contributed by atoms with Crippen LogP contribution in [0, 0.1) is 0 Å². The standard InChI is InChI=1S/C22H24N4O2/c1-3-16-7-9-18(10-8-16)25-21(27)20-12-14-24-22(26-20)23-13-11-17-5-4-6-19(15-17)28-2/h4-10,12,14-15H,3,11,13H2,1-2H3,(H,25,27)(H,23,24,26). The van der Waals surface area contributed by atoms with E-state index in [0.717, 1.165) is 29.8 Å². The molecule has 3 aromatic rings. The van der Waals surface area contributed by atoms with Crippen LogP contribution in [0.15, 0.2) is 60.8 Å². The molecule has 144 valence electrons. The van der Waals surface area contributed by atoms with Crippen molar-refractivity contribution >= 4 is 17.5 Å². The van der Waals surface area contributed by atoms with E-state index in [2.05, 4.69) is 27.5 Å². The van der Waals surface area contributed by atoms with Crippen molar-refractivity contribution in [3.8, 4) is 5.75 Å². The number of benzene rings is 2. The molecular formula is C22H24N4O2. The molecule has 0 fully saturated rings. The highest BCUT2D eigenvalue weighted by Gasteiger charge is 2.09. The summed E-state index contributed by atoms with van der Waals surface area (Å²) < 4.78 is 5.23. The Morgan fingerprint density at radius 1 is 1.07 bits per heavy atom. The second kappa shape index (κ2) is 9.50. The van der Waals surface area contributed by atoms with E-state index >= 15 is 0 Å². The predicted octanol–water partition coefficient (Wildman–Crippen LogP) is 3.95. The molecule has 1 heterocycles. The Morgan fingerprint density at radius 3 is 2.64 bits per heavy atom. The average Bonchev–Trinajstić information content (AvgIpc) is 2.74. The summed E-state index contributed by atoms with van der Waals surface area (Å²) in [5.74, 6) is 0.999. The number of hydrogen-bond donors (Lipinski definition) is 2. The van der Waals surface area contributed by atoms with Crippen molar-refractivity contribution in [3.05, 3.63) is 77.6 Å². The van der Waals surface area contributed by atoms with E-state index in [0.29, 0.717) is 18.2 Å². The fourth-order valence-corrected chi connectivity index (χ4v) is 2.74. The molecule has 2 aromatic carbocycles. The lowest BCUT2D eigenvalue weighted by atomic mass is 10.1. The van der Waals surface area contributed by atoms with Gasteiger partial charge in [-0.05, 0) is 54.3 Å². The number of methoxy groups -OCH3 is 1. The smallest absolute Gasteiger partial charge is 0.274 e. The number of nitrogens with one attached hydrogen (secondary N) is 2. The molecule has 0 saturated heterocycles. The molecule has 1 aromatic heterocycles. The van der Waals surface area contributed by atoms with E-state index in [4.69, 9.17) is 4.74 Å². The van der Waals surface area contributed by atoms with Crippen LogP contribution >= 0.6 is 0 Å². The van der Waals surface area contributed by atoms with Gasteiger partial charge in [0, 0.05) is 18.4 Å². The summed E-state index contributed by atoms with van der Waals surface area (Å²) in [6, 6.07) is 17.3. The number of nitrogens with zero attached hydrogens (tertiary/aromatic N) is 2. The Labute approximate surface area is 165 Å². The van der Waals surface area contributed by atoms with Gasteiger partial charge >= 0.3 is 0 Å². The minimum Gasteiger partial charge on any atom is -0.497 e. The maximum absolute atomic E-state index is 12.4. The molecule has 0 spiro atoms. The Hall–Kier alpha value is -3.41. The number of aromatic nitrogens is 2. The van der Waals surface area contributed by atoms with Gasteiger partial charge in [0.15, 0.2) is 0 Å². The van der Waals surface area contributed by atoms with Gasteiger partial charge in [0.1, 0.15) is 11.4 Å². The Morgan fingerprint density at radius 2 is 1.89 bits per heavy atom. The third kappa shape index (κ3) is 5.30. The topological polar surface area (TPSA) is 76.1 Å². The van der Waals surface area contributed by atoms with E-state index in [9.17, 15) is 4.79 Å². The van der Waals surface area contributed by atoms with Crippen LogP contribution in [0.5, 0.6) is 5.75 Å². The molecule has 3 rings (SSSR count). The van der Waals surface area contributed by atoms with Crippen LogP contribution < -0.4 is 15.4 Å². The highest BCUT2D eigenvalue weighted by molar-refractivity contribution is 6.02. The molecule has 6 nitrogen and oxygen atoms in total. The fraction of sp³-hybridized carbons (Fsp3) is 0.227. The van der Waals surface area contributed by atoms with Gasteiger partial charge < -0.3 is 15.4 Å². The van der Waals surface area contributed by atoms with Gasteiger partial charge in [-0.25, -0.2) is 9.97 Å². The van der Waals surface area contributed by atoms with E-state index in [1.165, 1.54) is 5.56 Å². The van der Waals surface area contributed by atoms with Crippen molar-refractivity contribution in [1.82, 2.24) is 9.97 Å². The summed E-state index contributed by atoms with van der Waals surface area (Å²) in [6.45, 7) is 2.74. The van der Waals surface area contributed by atoms with Crippen LogP contribution in [-0.4, -0.2) is 29.5 Å². The average molecular weight is 376 g/mol. The first kappa shape index (κ1) is 19.4. The molecular weight excluding hydrogens is 352 g/mol. The number of ether oxygens (including phenoxy) is 1. The zero-order chi connectivity index (χ0) is 19.8. The number of rotatable bonds is 8. The minimum absolute atomic E-state index is 0.262. The Balaban J connectivity index is 1.57. The van der Waals surface area contributed by atoms with Crippen LogP contribution in [0.1, 0.15) is 28.5 Å². The van der Waals surface area contributed by atoms with Gasteiger partial charge in [-0.2, -0.15) is 0 Å². The number of amides is 1. The quantitative estimate of drug-likeness (QED) is 0.622. The lowest BCUT2D eigenvalue weighted by Crippen LogP contribution is -2.16. The molecule has 0 radical (unpaired) electrons. The van der Waals surface area contributed by atoms with Crippen molar-refractivity contribution in [2.24, 2.45) is 0 Å². The lowest BCUT2D eigenvalue weighted by molar-refractivity contribution is 0.102. The summed E-state index contributed by atoms with van der Waals surface area (Å²) in [5.41, 5.74) is 3.44. The monoisotopic (exact) mass is 376 g/mol. The van der Waals surface area contributed by atoms with Crippen LogP contribution in [0.2, 0.25) is 0 Å². The largest absolute Gasteiger partial charge is 0.497 e. The van der Waals surface area contributed by atoms with Gasteiger partial charge in [0.2, 0.25) is 5.95 Å². The summed E-state index contributed by atoms with van der Waals surface area (Å²) >= 11 is 0. The number of hydrogen-bond acceptors (Lipinski definition) is 5. The molecule has 0 bridgehead atoms. The third-order valence-electron chi connectivity index (χ3n) is 4.34. The summed E-state index contributed by atoms with van der Waals surface area (Å²) in [7, 11) is 1.65. The molecule has 0 aliphatic rings. The second-order valence-corrected chi connectivity index (χ2v) is 6.30. The third-order valence-corrected chi connectivity index (χ3v) is 4.34. The SMILES string of the molecule is CCc1ccc(NC(=O)c2ccnc(NCCc3cccc(OC)c3)n2)cc1. The van der Waals surface area contributed by atoms with Crippen molar-refractivity contribution in [2.45, 2.75) is 19.8 Å². The van der Waals surface area contributed by atoms with E-state index in [1.807, 2.05) is 48.5 Å². The highest BCUT2D eigenvalue weighted by Crippen LogP contribution is 2.14. The number of carbonyl (C=O) groups is 1. The fourth-order valence-electron chi connectivity index (χ4n) is 2.74. The van der Waals surface area contributed by atoms with Crippen LogP contribution in [-0.2, 0) is 12.8 Å². The van der Waals surface area contributed by atoms with E-state index < -0.39 is 0 Å². The highest BCUT2D eigenvalue weighted by atomic mass is 16.5. The van der Waals surface area contributed by atoms with Gasteiger partial charge in [-0.3, -0.25) is 4.79 Å². The second-order valence-electron chi connectivity index (χ2n) is 6.30. The minimum atomic E-state index is -0.262. The molecule has 6 heteroatoms. The van der Waals surface area contributed by atoms with Crippen molar-refractivity contribution in [1.29, 1.82) is 0 Å². The first-order valence-corrected chi connectivity index (χ1v) is 9.28. The Bertz CT molecular complexity index is 926. The van der Waals surface area contributed by atoms with Crippen molar-refractivity contribution < 1.29 is 9.53 Å². The summed E-state index contributed by atoms with van der Waals surface area (Å²) in [5, 5.41) is 6.02. The molecule has 0 aliphatic heterocycles. The van der Waals surface area contributed by atoms with E-state index in [-0.39, 0.29) is 5.91 Å². The van der Waals surface area contributed by atoms with Gasteiger partial charge in [0.25, 0.3) is 5.91 Å². The molecule has 0 atom stereocenters. The predicted molar refractivity (Wildman–Crippen MR) is 111 cm³/mol. The van der Waals surface area contributed by atoms with E-state index in [1.54, 1.807) is 19.4 Å². The Kier molecular flexibility index (Phi) is 6.57. The zero-order valence-electron chi connectivity index (χ0n) is 16.1. The van der Waals surface area contributed by atoms with Gasteiger partial charge in [-0.1, -0.05) is 31.2 Å². The number of aryl methyl sites for hydroxylation is 1. The number of anilines is 2. The normalized spacial score (nSPS) is 10.4. The molecule has 0 aliphatic carbocycles.